The van der Waals surface area contributed by atoms with Gasteiger partial charge in [-0.2, -0.15) is 4.98 Å². The third-order valence-electron chi connectivity index (χ3n) is 3.82. The van der Waals surface area contributed by atoms with Crippen LogP contribution in [-0.2, 0) is 6.54 Å². The molecule has 0 aliphatic heterocycles. The molecule has 1 aliphatic rings. The Morgan fingerprint density at radius 2 is 2.09 bits per heavy atom. The van der Waals surface area contributed by atoms with Crippen LogP contribution in [0.5, 0.6) is 5.88 Å². The topological polar surface area (TPSA) is 64.9 Å². The lowest BCUT2D eigenvalue weighted by Gasteiger charge is -2.09. The molecule has 2 heterocycles. The van der Waals surface area contributed by atoms with Crippen LogP contribution in [0.2, 0.25) is 0 Å². The van der Waals surface area contributed by atoms with Crippen molar-refractivity contribution in [3.8, 4) is 5.88 Å². The highest BCUT2D eigenvalue weighted by molar-refractivity contribution is 5.76. The molecule has 1 N–H and O–H groups in total. The molecule has 6 nitrogen and oxygen atoms in total. The number of fused-ring (bicyclic) bond motifs is 1. The van der Waals surface area contributed by atoms with E-state index in [-0.39, 0.29) is 0 Å². The number of nitrogens with zero attached hydrogens (tertiary/aromatic N) is 4. The summed E-state index contributed by atoms with van der Waals surface area (Å²) in [6.07, 6.45) is 4.13. The number of aromatic nitrogens is 4. The van der Waals surface area contributed by atoms with E-state index in [4.69, 9.17) is 9.72 Å². The molecule has 22 heavy (non-hydrogen) atoms. The zero-order valence-electron chi connectivity index (χ0n) is 12.4. The van der Waals surface area contributed by atoms with E-state index in [1.807, 2.05) is 6.07 Å². The predicted octanol–water partition coefficient (Wildman–Crippen LogP) is 2.78. The Kier molecular flexibility index (Phi) is 3.14. The van der Waals surface area contributed by atoms with E-state index >= 15 is 0 Å². The number of methoxy groups -OCH3 is 1. The molecule has 3 aromatic rings. The van der Waals surface area contributed by atoms with Crippen molar-refractivity contribution < 1.29 is 4.74 Å². The lowest BCUT2D eigenvalue weighted by atomic mass is 10.3. The van der Waals surface area contributed by atoms with Crippen molar-refractivity contribution in [1.29, 1.82) is 0 Å². The molecule has 0 spiro atoms. The van der Waals surface area contributed by atoms with Gasteiger partial charge in [-0.25, -0.2) is 9.97 Å². The van der Waals surface area contributed by atoms with Gasteiger partial charge in [-0.15, -0.1) is 0 Å². The van der Waals surface area contributed by atoms with Crippen molar-refractivity contribution in [2.75, 3.05) is 12.4 Å². The van der Waals surface area contributed by atoms with Crippen molar-refractivity contribution in [3.63, 3.8) is 0 Å². The first-order chi connectivity index (χ1) is 10.8. The molecule has 0 bridgehead atoms. The first-order valence-corrected chi connectivity index (χ1v) is 7.42. The lowest BCUT2D eigenvalue weighted by molar-refractivity contribution is 0.397. The zero-order valence-corrected chi connectivity index (χ0v) is 12.4. The Hall–Kier alpha value is -2.63. The number of benzene rings is 1. The van der Waals surface area contributed by atoms with Gasteiger partial charge in [0.1, 0.15) is 5.82 Å². The minimum Gasteiger partial charge on any atom is -0.481 e. The van der Waals surface area contributed by atoms with E-state index in [1.165, 1.54) is 18.4 Å². The Bertz CT molecular complexity index is 809. The highest BCUT2D eigenvalue weighted by atomic mass is 16.5. The molecular formula is C16H17N5O. The third-order valence-corrected chi connectivity index (χ3v) is 3.82. The summed E-state index contributed by atoms with van der Waals surface area (Å²) >= 11 is 0. The van der Waals surface area contributed by atoms with Crippen LogP contribution < -0.4 is 10.1 Å². The third kappa shape index (κ3) is 2.36. The van der Waals surface area contributed by atoms with Gasteiger partial charge in [0.25, 0.3) is 0 Å². The quantitative estimate of drug-likeness (QED) is 0.784. The largest absolute Gasteiger partial charge is 0.481 e. The number of rotatable bonds is 5. The van der Waals surface area contributed by atoms with E-state index in [1.54, 1.807) is 19.4 Å². The summed E-state index contributed by atoms with van der Waals surface area (Å²) in [5, 5.41) is 3.23. The van der Waals surface area contributed by atoms with Gasteiger partial charge >= 0.3 is 0 Å². The van der Waals surface area contributed by atoms with Crippen molar-refractivity contribution >= 4 is 17.0 Å². The standard InChI is InChI=1S/C16H17N5O/c1-22-15-8-9-17-16(20-15)18-10-14-19-12-4-2-3-5-13(12)21(14)11-6-7-11/h2-5,8-9,11H,6-7,10H2,1H3,(H,17,18,20). The van der Waals surface area contributed by atoms with Gasteiger partial charge in [0.15, 0.2) is 0 Å². The summed E-state index contributed by atoms with van der Waals surface area (Å²) in [5.74, 6) is 2.12. The minimum absolute atomic E-state index is 0.549. The summed E-state index contributed by atoms with van der Waals surface area (Å²) in [5.41, 5.74) is 2.24. The lowest BCUT2D eigenvalue weighted by Crippen LogP contribution is -2.10. The summed E-state index contributed by atoms with van der Waals surface area (Å²) in [7, 11) is 1.60. The SMILES string of the molecule is COc1ccnc(NCc2nc3ccccc3n2C2CC2)n1. The Balaban J connectivity index is 1.62. The maximum atomic E-state index is 5.11. The number of para-hydroxylation sites is 2. The number of anilines is 1. The van der Waals surface area contributed by atoms with Crippen LogP contribution in [0.4, 0.5) is 5.95 Å². The average molecular weight is 295 g/mol. The van der Waals surface area contributed by atoms with Gasteiger partial charge in [-0.05, 0) is 25.0 Å². The van der Waals surface area contributed by atoms with E-state index in [2.05, 4.69) is 38.1 Å². The second-order valence-electron chi connectivity index (χ2n) is 5.39. The molecule has 0 unspecified atom stereocenters. The first-order valence-electron chi connectivity index (χ1n) is 7.42. The molecule has 2 aromatic heterocycles. The molecule has 4 rings (SSSR count). The average Bonchev–Trinajstić information content (AvgIpc) is 3.33. The van der Waals surface area contributed by atoms with Crippen LogP contribution >= 0.6 is 0 Å². The summed E-state index contributed by atoms with van der Waals surface area (Å²) < 4.78 is 7.45. The minimum atomic E-state index is 0.549. The maximum absolute atomic E-state index is 5.11. The van der Waals surface area contributed by atoms with Crippen molar-refractivity contribution in [2.24, 2.45) is 0 Å². The normalized spacial score (nSPS) is 14.2. The number of nitrogens with one attached hydrogen (secondary N) is 1. The van der Waals surface area contributed by atoms with Crippen LogP contribution in [0.3, 0.4) is 0 Å². The molecule has 112 valence electrons. The Morgan fingerprint density at radius 3 is 2.91 bits per heavy atom. The van der Waals surface area contributed by atoms with Gasteiger partial charge in [-0.3, -0.25) is 0 Å². The Labute approximate surface area is 128 Å². The predicted molar refractivity (Wildman–Crippen MR) is 83.9 cm³/mol. The van der Waals surface area contributed by atoms with Crippen LogP contribution in [0.15, 0.2) is 36.5 Å². The van der Waals surface area contributed by atoms with Crippen LogP contribution in [-0.4, -0.2) is 26.6 Å². The van der Waals surface area contributed by atoms with Gasteiger partial charge in [-0.1, -0.05) is 12.1 Å². The highest BCUT2D eigenvalue weighted by Gasteiger charge is 2.27. The van der Waals surface area contributed by atoms with E-state index in [9.17, 15) is 0 Å². The molecule has 6 heteroatoms. The number of hydrogen-bond acceptors (Lipinski definition) is 5. The second-order valence-corrected chi connectivity index (χ2v) is 5.39. The van der Waals surface area contributed by atoms with Gasteiger partial charge in [0.05, 0.1) is 24.7 Å². The molecular weight excluding hydrogens is 278 g/mol. The highest BCUT2D eigenvalue weighted by Crippen LogP contribution is 2.38. The van der Waals surface area contributed by atoms with Gasteiger partial charge < -0.3 is 14.6 Å². The summed E-state index contributed by atoms with van der Waals surface area (Å²) in [6.45, 7) is 0.596. The Morgan fingerprint density at radius 1 is 1.23 bits per heavy atom. The fraction of sp³-hybridized carbons (Fsp3) is 0.312. The molecule has 1 fully saturated rings. The van der Waals surface area contributed by atoms with E-state index in [0.29, 0.717) is 24.4 Å². The molecule has 0 amide bonds. The molecule has 1 saturated carbocycles. The van der Waals surface area contributed by atoms with Crippen LogP contribution in [0.25, 0.3) is 11.0 Å². The molecule has 1 aromatic carbocycles. The number of hydrogen-bond donors (Lipinski definition) is 1. The van der Waals surface area contributed by atoms with Gasteiger partial charge in [0, 0.05) is 18.3 Å². The van der Waals surface area contributed by atoms with Crippen LogP contribution in [0.1, 0.15) is 24.7 Å². The maximum Gasteiger partial charge on any atom is 0.226 e. The number of imidazole rings is 1. The molecule has 1 aliphatic carbocycles. The fourth-order valence-corrected chi connectivity index (χ4v) is 2.66. The zero-order chi connectivity index (χ0) is 14.9. The summed E-state index contributed by atoms with van der Waals surface area (Å²) in [6, 6.07) is 10.6. The molecule has 0 saturated heterocycles. The molecule has 0 radical (unpaired) electrons. The van der Waals surface area contributed by atoms with Crippen molar-refractivity contribution in [2.45, 2.75) is 25.4 Å². The van der Waals surface area contributed by atoms with E-state index < -0.39 is 0 Å². The van der Waals surface area contributed by atoms with Gasteiger partial charge in [0.2, 0.25) is 11.8 Å². The smallest absolute Gasteiger partial charge is 0.226 e. The monoisotopic (exact) mass is 295 g/mol. The van der Waals surface area contributed by atoms with Crippen molar-refractivity contribution in [3.05, 3.63) is 42.4 Å². The number of ether oxygens (including phenoxy) is 1. The van der Waals surface area contributed by atoms with E-state index in [0.717, 1.165) is 11.3 Å². The fourth-order valence-electron chi connectivity index (χ4n) is 2.66. The summed E-state index contributed by atoms with van der Waals surface area (Å²) in [4.78, 5) is 13.2. The van der Waals surface area contributed by atoms with Crippen LogP contribution in [0, 0.1) is 0 Å². The van der Waals surface area contributed by atoms with Crippen molar-refractivity contribution in [1.82, 2.24) is 19.5 Å². The molecule has 0 atom stereocenters. The first kappa shape index (κ1) is 13.1. The second kappa shape index (κ2) is 5.29.